The molecule has 3 aliphatic rings. The first-order chi connectivity index (χ1) is 10.7. The third-order valence-electron chi connectivity index (χ3n) is 5.43. The molecule has 1 aromatic rings. The van der Waals surface area contributed by atoms with Gasteiger partial charge in [0, 0.05) is 16.6 Å². The van der Waals surface area contributed by atoms with Crippen molar-refractivity contribution < 1.29 is 9.18 Å². The predicted octanol–water partition coefficient (Wildman–Crippen LogP) is 2.87. The predicted molar refractivity (Wildman–Crippen MR) is 85.3 cm³/mol. The highest BCUT2D eigenvalue weighted by Gasteiger charge is 2.57. The quantitative estimate of drug-likeness (QED) is 0.880. The molecule has 1 spiro atoms. The van der Waals surface area contributed by atoms with Crippen molar-refractivity contribution in [2.45, 2.75) is 36.6 Å². The van der Waals surface area contributed by atoms with Crippen LogP contribution in [0.4, 0.5) is 4.39 Å². The summed E-state index contributed by atoms with van der Waals surface area (Å²) in [6, 6.07) is 4.89. The lowest BCUT2D eigenvalue weighted by Crippen LogP contribution is -2.36. The number of rotatable bonds is 2. The van der Waals surface area contributed by atoms with Gasteiger partial charge in [-0.3, -0.25) is 4.79 Å². The third kappa shape index (κ3) is 2.54. The van der Waals surface area contributed by atoms with Crippen molar-refractivity contribution in [2.24, 2.45) is 11.3 Å². The molecule has 2 aliphatic heterocycles. The third-order valence-corrected chi connectivity index (χ3v) is 6.56. The molecule has 22 heavy (non-hydrogen) atoms. The Morgan fingerprint density at radius 2 is 2.18 bits per heavy atom. The molecule has 2 unspecified atom stereocenters. The SMILES string of the molecule is O=C(NC1CCSc2ccc(F)cc21)C1CC12CCNCC2. The van der Waals surface area contributed by atoms with E-state index < -0.39 is 0 Å². The Morgan fingerprint density at radius 1 is 1.36 bits per heavy atom. The van der Waals surface area contributed by atoms with Crippen LogP contribution in [-0.4, -0.2) is 24.7 Å². The molecular weight excluding hydrogens is 299 g/mol. The van der Waals surface area contributed by atoms with E-state index in [0.717, 1.165) is 55.0 Å². The van der Waals surface area contributed by atoms with E-state index in [9.17, 15) is 9.18 Å². The molecule has 3 nitrogen and oxygen atoms in total. The van der Waals surface area contributed by atoms with Gasteiger partial charge in [0.25, 0.3) is 0 Å². The summed E-state index contributed by atoms with van der Waals surface area (Å²) >= 11 is 1.75. The summed E-state index contributed by atoms with van der Waals surface area (Å²) < 4.78 is 13.5. The second kappa shape index (κ2) is 5.53. The Balaban J connectivity index is 1.46. The number of piperidine rings is 1. The summed E-state index contributed by atoms with van der Waals surface area (Å²) in [6.07, 6.45) is 4.12. The lowest BCUT2D eigenvalue weighted by molar-refractivity contribution is -0.124. The molecule has 0 radical (unpaired) electrons. The Morgan fingerprint density at radius 3 is 3.00 bits per heavy atom. The average molecular weight is 320 g/mol. The van der Waals surface area contributed by atoms with Crippen LogP contribution in [0.2, 0.25) is 0 Å². The highest BCUT2D eigenvalue weighted by atomic mass is 32.2. The van der Waals surface area contributed by atoms with Gasteiger partial charge in [-0.2, -0.15) is 0 Å². The van der Waals surface area contributed by atoms with Gasteiger partial charge in [0.05, 0.1) is 6.04 Å². The molecule has 1 saturated heterocycles. The monoisotopic (exact) mass is 320 g/mol. The van der Waals surface area contributed by atoms with Crippen LogP contribution in [0, 0.1) is 17.2 Å². The summed E-state index contributed by atoms with van der Waals surface area (Å²) in [5.74, 6) is 1.10. The van der Waals surface area contributed by atoms with Crippen LogP contribution in [0.3, 0.4) is 0 Å². The summed E-state index contributed by atoms with van der Waals surface area (Å²) in [5.41, 5.74) is 1.20. The molecule has 0 aromatic heterocycles. The van der Waals surface area contributed by atoms with Gasteiger partial charge in [-0.05, 0) is 68.0 Å². The van der Waals surface area contributed by atoms with Gasteiger partial charge in [-0.15, -0.1) is 11.8 Å². The Bertz CT molecular complexity index is 600. The van der Waals surface area contributed by atoms with Gasteiger partial charge >= 0.3 is 0 Å². The molecule has 0 bridgehead atoms. The van der Waals surface area contributed by atoms with Crippen LogP contribution in [0.5, 0.6) is 0 Å². The molecular formula is C17H21FN2OS. The summed E-state index contributed by atoms with van der Waals surface area (Å²) in [6.45, 7) is 2.05. The van der Waals surface area contributed by atoms with Gasteiger partial charge in [0.2, 0.25) is 5.91 Å². The normalized spacial score (nSPS) is 29.0. The Hall–Kier alpha value is -1.07. The number of benzene rings is 1. The number of thioether (sulfide) groups is 1. The summed E-state index contributed by atoms with van der Waals surface area (Å²) in [4.78, 5) is 13.7. The molecule has 5 heteroatoms. The number of nitrogens with one attached hydrogen (secondary N) is 2. The van der Waals surface area contributed by atoms with Crippen LogP contribution >= 0.6 is 11.8 Å². The van der Waals surface area contributed by atoms with Crippen molar-refractivity contribution in [1.29, 1.82) is 0 Å². The fourth-order valence-electron chi connectivity index (χ4n) is 3.98. The topological polar surface area (TPSA) is 41.1 Å². The lowest BCUT2D eigenvalue weighted by atomic mass is 9.91. The maximum atomic E-state index is 13.5. The highest BCUT2D eigenvalue weighted by Crippen LogP contribution is 2.58. The van der Waals surface area contributed by atoms with Gasteiger partial charge in [0.15, 0.2) is 0 Å². The second-order valence-corrected chi connectivity index (χ2v) is 7.89. The van der Waals surface area contributed by atoms with Crippen molar-refractivity contribution in [3.8, 4) is 0 Å². The van der Waals surface area contributed by atoms with E-state index in [1.807, 2.05) is 6.07 Å². The largest absolute Gasteiger partial charge is 0.349 e. The van der Waals surface area contributed by atoms with E-state index in [1.54, 1.807) is 17.8 Å². The van der Waals surface area contributed by atoms with Crippen molar-refractivity contribution in [3.63, 3.8) is 0 Å². The zero-order chi connectivity index (χ0) is 15.2. The van der Waals surface area contributed by atoms with Crippen LogP contribution < -0.4 is 10.6 Å². The molecule has 1 aromatic carbocycles. The molecule has 118 valence electrons. The van der Waals surface area contributed by atoms with Crippen molar-refractivity contribution in [2.75, 3.05) is 18.8 Å². The van der Waals surface area contributed by atoms with Crippen LogP contribution in [-0.2, 0) is 4.79 Å². The molecule has 2 heterocycles. The second-order valence-electron chi connectivity index (χ2n) is 6.75. The average Bonchev–Trinajstić information content (AvgIpc) is 3.22. The van der Waals surface area contributed by atoms with E-state index >= 15 is 0 Å². The minimum absolute atomic E-state index is 0.0289. The zero-order valence-corrected chi connectivity index (χ0v) is 13.3. The minimum Gasteiger partial charge on any atom is -0.349 e. The molecule has 2 fully saturated rings. The number of hydrogen-bond donors (Lipinski definition) is 2. The molecule has 2 N–H and O–H groups in total. The number of hydrogen-bond acceptors (Lipinski definition) is 3. The van der Waals surface area contributed by atoms with Crippen LogP contribution in [0.25, 0.3) is 0 Å². The van der Waals surface area contributed by atoms with Crippen molar-refractivity contribution in [3.05, 3.63) is 29.6 Å². The standard InChI is InChI=1S/C17H21FN2OS/c18-11-1-2-15-12(9-11)14(3-8-22-15)20-16(21)13-10-17(13)4-6-19-7-5-17/h1-2,9,13-14,19H,3-8,10H2,(H,20,21). The fourth-order valence-corrected chi connectivity index (χ4v) is 5.09. The number of fused-ring (bicyclic) bond motifs is 1. The van der Waals surface area contributed by atoms with E-state index in [-0.39, 0.29) is 29.1 Å². The smallest absolute Gasteiger partial charge is 0.224 e. The summed E-state index contributed by atoms with van der Waals surface area (Å²) in [7, 11) is 0. The van der Waals surface area contributed by atoms with Gasteiger partial charge in [-0.25, -0.2) is 4.39 Å². The van der Waals surface area contributed by atoms with Gasteiger partial charge < -0.3 is 10.6 Å². The van der Waals surface area contributed by atoms with Crippen molar-refractivity contribution in [1.82, 2.24) is 10.6 Å². The first-order valence-corrected chi connectivity index (χ1v) is 9.10. The summed E-state index contributed by atoms with van der Waals surface area (Å²) in [5, 5.41) is 6.56. The number of carbonyl (C=O) groups excluding carboxylic acids is 1. The Kier molecular flexibility index (Phi) is 3.65. The maximum absolute atomic E-state index is 13.5. The fraction of sp³-hybridized carbons (Fsp3) is 0.588. The number of halogens is 1. The number of carbonyl (C=O) groups is 1. The highest BCUT2D eigenvalue weighted by molar-refractivity contribution is 7.99. The van der Waals surface area contributed by atoms with Crippen LogP contribution in [0.15, 0.2) is 23.1 Å². The molecule has 1 saturated carbocycles. The first-order valence-electron chi connectivity index (χ1n) is 8.11. The van der Waals surface area contributed by atoms with Gasteiger partial charge in [-0.1, -0.05) is 0 Å². The maximum Gasteiger partial charge on any atom is 0.224 e. The van der Waals surface area contributed by atoms with Gasteiger partial charge in [0.1, 0.15) is 5.82 Å². The number of amides is 1. The molecule has 4 rings (SSSR count). The van der Waals surface area contributed by atoms with E-state index in [2.05, 4.69) is 10.6 Å². The molecule has 2 atom stereocenters. The molecule has 1 amide bonds. The zero-order valence-electron chi connectivity index (χ0n) is 12.5. The lowest BCUT2D eigenvalue weighted by Gasteiger charge is -2.27. The van der Waals surface area contributed by atoms with Crippen molar-refractivity contribution >= 4 is 17.7 Å². The minimum atomic E-state index is -0.221. The Labute approximate surface area is 134 Å². The molecule has 1 aliphatic carbocycles. The van der Waals surface area contributed by atoms with E-state index in [1.165, 1.54) is 6.07 Å². The van der Waals surface area contributed by atoms with E-state index in [4.69, 9.17) is 0 Å². The van der Waals surface area contributed by atoms with E-state index in [0.29, 0.717) is 0 Å². The first kappa shape index (κ1) is 14.5. The van der Waals surface area contributed by atoms with Crippen LogP contribution in [0.1, 0.15) is 37.3 Å².